The van der Waals surface area contributed by atoms with Crippen molar-refractivity contribution in [3.05, 3.63) is 47.5 Å². The van der Waals surface area contributed by atoms with Gasteiger partial charge < -0.3 is 18.9 Å². The predicted octanol–water partition coefficient (Wildman–Crippen LogP) is 3.76. The van der Waals surface area contributed by atoms with Crippen molar-refractivity contribution in [2.24, 2.45) is 0 Å². The van der Waals surface area contributed by atoms with Gasteiger partial charge in [-0.25, -0.2) is 12.8 Å². The fourth-order valence-electron chi connectivity index (χ4n) is 2.95. The van der Waals surface area contributed by atoms with E-state index in [1.807, 2.05) is 0 Å². The second-order valence-electron chi connectivity index (χ2n) is 6.49. The largest absolute Gasteiger partial charge is 0.497 e. The first-order valence-corrected chi connectivity index (χ1v) is 10.9. The van der Waals surface area contributed by atoms with Crippen LogP contribution >= 0.6 is 0 Å². The van der Waals surface area contributed by atoms with Crippen LogP contribution in [-0.4, -0.2) is 46.7 Å². The first-order valence-electron chi connectivity index (χ1n) is 9.35. The molecule has 166 valence electrons. The SMILES string of the molecule is CCC(F)S(=O)(=O)N(Cc1ccc(OC)cc1OC)Cc1ccc(OC)cc1OC. The summed E-state index contributed by atoms with van der Waals surface area (Å²) in [4.78, 5) is 0. The standard InChI is InChI=1S/C21H28FNO6S/c1-6-21(22)30(24,25)23(13-15-7-9-17(26-2)11-19(15)28-4)14-16-8-10-18(27-3)12-20(16)29-5/h7-12,21H,6,13-14H2,1-5H3. The summed E-state index contributed by atoms with van der Waals surface area (Å²) in [5, 5.41) is 0. The molecule has 0 aliphatic heterocycles. The lowest BCUT2D eigenvalue weighted by molar-refractivity contribution is 0.330. The maximum atomic E-state index is 14.4. The molecule has 2 aromatic carbocycles. The lowest BCUT2D eigenvalue weighted by Gasteiger charge is -2.25. The average Bonchev–Trinajstić information content (AvgIpc) is 2.77. The highest BCUT2D eigenvalue weighted by Gasteiger charge is 2.32. The normalized spacial score (nSPS) is 12.5. The third-order valence-electron chi connectivity index (χ3n) is 4.69. The Balaban J connectivity index is 2.47. The van der Waals surface area contributed by atoms with Crippen LogP contribution < -0.4 is 18.9 Å². The fourth-order valence-corrected chi connectivity index (χ4v) is 4.34. The maximum absolute atomic E-state index is 14.4. The number of rotatable bonds is 11. The maximum Gasteiger partial charge on any atom is 0.247 e. The highest BCUT2D eigenvalue weighted by molar-refractivity contribution is 7.89. The molecule has 0 aliphatic rings. The van der Waals surface area contributed by atoms with Crippen LogP contribution in [0.5, 0.6) is 23.0 Å². The van der Waals surface area contributed by atoms with E-state index in [9.17, 15) is 12.8 Å². The molecule has 0 aromatic heterocycles. The van der Waals surface area contributed by atoms with Gasteiger partial charge in [-0.05, 0) is 18.6 Å². The minimum Gasteiger partial charge on any atom is -0.497 e. The van der Waals surface area contributed by atoms with Gasteiger partial charge in [-0.2, -0.15) is 4.31 Å². The molecule has 0 spiro atoms. The number of halogens is 1. The first-order chi connectivity index (χ1) is 14.3. The molecule has 0 radical (unpaired) electrons. The molecule has 0 amide bonds. The first kappa shape index (κ1) is 23.8. The Kier molecular flexibility index (Phi) is 8.31. The van der Waals surface area contributed by atoms with Gasteiger partial charge in [0, 0.05) is 36.3 Å². The summed E-state index contributed by atoms with van der Waals surface area (Å²) in [7, 11) is 1.77. The summed E-state index contributed by atoms with van der Waals surface area (Å²) >= 11 is 0. The number of hydrogen-bond acceptors (Lipinski definition) is 6. The van der Waals surface area contributed by atoms with Crippen LogP contribution in [0.15, 0.2) is 36.4 Å². The van der Waals surface area contributed by atoms with Crippen LogP contribution in [0.3, 0.4) is 0 Å². The third kappa shape index (κ3) is 5.34. The molecule has 0 heterocycles. The van der Waals surface area contributed by atoms with E-state index in [0.29, 0.717) is 34.1 Å². The molecule has 1 unspecified atom stereocenters. The van der Waals surface area contributed by atoms with E-state index in [2.05, 4.69) is 0 Å². The van der Waals surface area contributed by atoms with Crippen LogP contribution in [0.1, 0.15) is 24.5 Å². The van der Waals surface area contributed by atoms with Crippen LogP contribution in [0.4, 0.5) is 4.39 Å². The highest BCUT2D eigenvalue weighted by atomic mass is 32.2. The molecule has 9 heteroatoms. The van der Waals surface area contributed by atoms with E-state index < -0.39 is 15.5 Å². The fraction of sp³-hybridized carbons (Fsp3) is 0.429. The van der Waals surface area contributed by atoms with Crippen LogP contribution in [0.2, 0.25) is 0 Å². The van der Waals surface area contributed by atoms with Crippen molar-refractivity contribution in [2.75, 3.05) is 28.4 Å². The molecule has 0 saturated carbocycles. The lowest BCUT2D eigenvalue weighted by Crippen LogP contribution is -2.36. The molecule has 1 atom stereocenters. The van der Waals surface area contributed by atoms with Gasteiger partial charge in [0.1, 0.15) is 23.0 Å². The van der Waals surface area contributed by atoms with E-state index in [1.54, 1.807) is 36.4 Å². The second-order valence-corrected chi connectivity index (χ2v) is 8.54. The van der Waals surface area contributed by atoms with Crippen molar-refractivity contribution in [1.29, 1.82) is 0 Å². The number of hydrogen-bond donors (Lipinski definition) is 0. The zero-order valence-electron chi connectivity index (χ0n) is 17.8. The molecular weight excluding hydrogens is 413 g/mol. The van der Waals surface area contributed by atoms with Gasteiger partial charge in [0.15, 0.2) is 0 Å². The zero-order chi connectivity index (χ0) is 22.3. The molecule has 2 rings (SSSR count). The van der Waals surface area contributed by atoms with Gasteiger partial charge in [-0.15, -0.1) is 0 Å². The van der Waals surface area contributed by atoms with E-state index >= 15 is 0 Å². The van der Waals surface area contributed by atoms with Gasteiger partial charge in [-0.3, -0.25) is 0 Å². The van der Waals surface area contributed by atoms with Crippen LogP contribution in [0.25, 0.3) is 0 Å². The summed E-state index contributed by atoms with van der Waals surface area (Å²) < 4.78 is 62.5. The molecule has 0 saturated heterocycles. The highest BCUT2D eigenvalue weighted by Crippen LogP contribution is 2.31. The molecule has 7 nitrogen and oxygen atoms in total. The molecule has 0 N–H and O–H groups in total. The van der Waals surface area contributed by atoms with Gasteiger partial charge in [0.05, 0.1) is 28.4 Å². The van der Waals surface area contributed by atoms with E-state index in [4.69, 9.17) is 18.9 Å². The Morgan fingerprint density at radius 2 is 1.27 bits per heavy atom. The van der Waals surface area contributed by atoms with Crippen molar-refractivity contribution in [3.63, 3.8) is 0 Å². The van der Waals surface area contributed by atoms with Crippen LogP contribution in [0, 0.1) is 0 Å². The zero-order valence-corrected chi connectivity index (χ0v) is 18.7. The van der Waals surface area contributed by atoms with Gasteiger partial charge in [0.25, 0.3) is 0 Å². The summed E-state index contributed by atoms with van der Waals surface area (Å²) in [6, 6.07) is 10.1. The molecule has 0 fully saturated rings. The minimum atomic E-state index is -4.24. The van der Waals surface area contributed by atoms with Crippen molar-refractivity contribution in [2.45, 2.75) is 31.9 Å². The number of benzene rings is 2. The Bertz CT molecular complexity index is 893. The van der Waals surface area contributed by atoms with Crippen molar-refractivity contribution < 1.29 is 31.8 Å². The summed E-state index contributed by atoms with van der Waals surface area (Å²) in [5.41, 5.74) is -0.860. The summed E-state index contributed by atoms with van der Waals surface area (Å²) in [6.45, 7) is 1.33. The molecular formula is C21H28FNO6S. The summed E-state index contributed by atoms with van der Waals surface area (Å²) in [6.07, 6.45) is -0.154. The molecule has 30 heavy (non-hydrogen) atoms. The Morgan fingerprint density at radius 1 is 0.833 bits per heavy atom. The number of ether oxygens (including phenoxy) is 4. The average molecular weight is 442 g/mol. The Hall–Kier alpha value is -2.52. The number of alkyl halides is 1. The monoisotopic (exact) mass is 441 g/mol. The van der Waals surface area contributed by atoms with Gasteiger partial charge >= 0.3 is 0 Å². The van der Waals surface area contributed by atoms with E-state index in [1.165, 1.54) is 35.4 Å². The van der Waals surface area contributed by atoms with E-state index in [0.717, 1.165) is 4.31 Å². The minimum absolute atomic E-state index is 0.0783. The summed E-state index contributed by atoms with van der Waals surface area (Å²) in [5.74, 6) is 2.03. The molecule has 0 aliphatic carbocycles. The number of sulfonamides is 1. The smallest absolute Gasteiger partial charge is 0.247 e. The molecule has 2 aromatic rings. The topological polar surface area (TPSA) is 74.3 Å². The number of methoxy groups -OCH3 is 4. The number of nitrogens with zero attached hydrogens (tertiary/aromatic N) is 1. The predicted molar refractivity (Wildman–Crippen MR) is 112 cm³/mol. The van der Waals surface area contributed by atoms with Crippen molar-refractivity contribution in [1.82, 2.24) is 4.31 Å². The van der Waals surface area contributed by atoms with Crippen molar-refractivity contribution in [3.8, 4) is 23.0 Å². The Morgan fingerprint density at radius 3 is 1.60 bits per heavy atom. The quantitative estimate of drug-likeness (QED) is 0.529. The third-order valence-corrected chi connectivity index (χ3v) is 6.64. The van der Waals surface area contributed by atoms with Gasteiger partial charge in [-0.1, -0.05) is 19.1 Å². The molecule has 0 bridgehead atoms. The lowest BCUT2D eigenvalue weighted by atomic mass is 10.1. The van der Waals surface area contributed by atoms with Crippen molar-refractivity contribution >= 4 is 10.0 Å². The van der Waals surface area contributed by atoms with Crippen LogP contribution in [-0.2, 0) is 23.1 Å². The second kappa shape index (κ2) is 10.5. The Labute approximate surface area is 177 Å². The van der Waals surface area contributed by atoms with Gasteiger partial charge in [0.2, 0.25) is 15.5 Å². The van der Waals surface area contributed by atoms with E-state index in [-0.39, 0.29) is 19.5 Å².